The van der Waals surface area contributed by atoms with Gasteiger partial charge in [-0.25, -0.2) is 9.59 Å². The highest BCUT2D eigenvalue weighted by atomic mass is 16.6. The van der Waals surface area contributed by atoms with Crippen molar-refractivity contribution in [1.82, 2.24) is 10.2 Å². The number of nitrogens with zero attached hydrogens (tertiary/aromatic N) is 1. The second kappa shape index (κ2) is 7.38. The molecule has 1 N–H and O–H groups in total. The molecule has 11 heteroatoms. The van der Waals surface area contributed by atoms with Gasteiger partial charge in [0.1, 0.15) is 12.1 Å². The van der Waals surface area contributed by atoms with Crippen LogP contribution in [0.3, 0.4) is 0 Å². The van der Waals surface area contributed by atoms with E-state index in [9.17, 15) is 24.0 Å². The van der Waals surface area contributed by atoms with Crippen LogP contribution in [0.15, 0.2) is 0 Å². The quantitative estimate of drug-likeness (QED) is 0.476. The largest absolute Gasteiger partial charge is 0.462 e. The molecule has 0 unspecified atom stereocenters. The van der Waals surface area contributed by atoms with Gasteiger partial charge in [-0.1, -0.05) is 13.8 Å². The van der Waals surface area contributed by atoms with Gasteiger partial charge >= 0.3 is 24.0 Å². The highest BCUT2D eigenvalue weighted by Gasteiger charge is 2.73. The van der Waals surface area contributed by atoms with Crippen molar-refractivity contribution in [2.24, 2.45) is 5.92 Å². The zero-order valence-corrected chi connectivity index (χ0v) is 17.8. The molecule has 4 rings (SSSR count). The average Bonchev–Trinajstić information content (AvgIpc) is 2.94. The normalized spacial score (nSPS) is 38.5. The molecule has 0 aromatic heterocycles. The molecule has 31 heavy (non-hydrogen) atoms. The summed E-state index contributed by atoms with van der Waals surface area (Å²) in [4.78, 5) is 63.6. The molecule has 4 aliphatic rings. The number of piperidine rings is 1. The summed E-state index contributed by atoms with van der Waals surface area (Å²) in [5.41, 5.74) is -1.48. The minimum absolute atomic E-state index is 0.0195. The number of carbonyl (C=O) groups excluding carboxylic acids is 5. The monoisotopic (exact) mass is 438 g/mol. The number of fused-ring (bicyclic) bond motifs is 4. The molecule has 3 heterocycles. The molecule has 11 nitrogen and oxygen atoms in total. The second-order valence-electron chi connectivity index (χ2n) is 8.98. The number of morpholine rings is 1. The third-order valence-corrected chi connectivity index (χ3v) is 6.28. The lowest BCUT2D eigenvalue weighted by molar-refractivity contribution is -0.235. The van der Waals surface area contributed by atoms with Crippen molar-refractivity contribution in [3.8, 4) is 0 Å². The molecule has 2 bridgehead atoms. The maximum absolute atomic E-state index is 13.4. The maximum Gasteiger partial charge on any atom is 0.408 e. The Morgan fingerprint density at radius 3 is 2.48 bits per heavy atom. The summed E-state index contributed by atoms with van der Waals surface area (Å²) < 4.78 is 22.0. The van der Waals surface area contributed by atoms with Crippen molar-refractivity contribution in [1.29, 1.82) is 0 Å². The van der Waals surface area contributed by atoms with Gasteiger partial charge in [-0.15, -0.1) is 0 Å². The summed E-state index contributed by atoms with van der Waals surface area (Å²) in [6.45, 7) is 6.28. The number of alkyl carbamates (subject to hydrolysis) is 1. The number of rotatable bonds is 4. The van der Waals surface area contributed by atoms with Crippen LogP contribution < -0.4 is 5.32 Å². The minimum atomic E-state index is -1.48. The number of ether oxygens (including phenoxy) is 4. The van der Waals surface area contributed by atoms with Crippen molar-refractivity contribution in [3.05, 3.63) is 0 Å². The number of cyclic esters (lactones) is 1. The van der Waals surface area contributed by atoms with Crippen LogP contribution in [0, 0.1) is 5.92 Å². The Balaban J connectivity index is 1.80. The molecular formula is C20H26N2O9. The molecule has 0 aromatic rings. The highest BCUT2D eigenvalue weighted by molar-refractivity contribution is 5.95. The Morgan fingerprint density at radius 1 is 1.19 bits per heavy atom. The lowest BCUT2D eigenvalue weighted by Crippen LogP contribution is -2.81. The summed E-state index contributed by atoms with van der Waals surface area (Å²) in [6.07, 6.45) is -3.03. The zero-order chi connectivity index (χ0) is 22.7. The van der Waals surface area contributed by atoms with Crippen LogP contribution in [-0.2, 0) is 38.1 Å². The van der Waals surface area contributed by atoms with E-state index in [0.29, 0.717) is 6.42 Å². The third kappa shape index (κ3) is 3.39. The number of nitrogens with one attached hydrogen (secondary N) is 1. The van der Waals surface area contributed by atoms with E-state index in [1.807, 2.05) is 13.8 Å². The highest BCUT2D eigenvalue weighted by Crippen LogP contribution is 2.50. The summed E-state index contributed by atoms with van der Waals surface area (Å²) >= 11 is 0. The molecule has 3 aliphatic heterocycles. The van der Waals surface area contributed by atoms with Crippen molar-refractivity contribution < 1.29 is 42.9 Å². The first kappa shape index (κ1) is 21.4. The van der Waals surface area contributed by atoms with Gasteiger partial charge in [-0.05, 0) is 12.3 Å². The third-order valence-electron chi connectivity index (χ3n) is 6.28. The molecule has 0 radical (unpaired) electrons. The van der Waals surface area contributed by atoms with E-state index in [4.69, 9.17) is 18.9 Å². The van der Waals surface area contributed by atoms with Crippen LogP contribution in [0.1, 0.15) is 47.0 Å². The molecule has 2 amide bonds. The van der Waals surface area contributed by atoms with Gasteiger partial charge in [0, 0.05) is 26.7 Å². The number of esters is 3. The van der Waals surface area contributed by atoms with Crippen LogP contribution in [0.25, 0.3) is 0 Å². The molecule has 0 aromatic carbocycles. The lowest BCUT2D eigenvalue weighted by Gasteiger charge is -2.59. The zero-order valence-electron chi connectivity index (χ0n) is 17.8. The van der Waals surface area contributed by atoms with Gasteiger partial charge in [-0.3, -0.25) is 14.4 Å². The first-order valence-electron chi connectivity index (χ1n) is 10.4. The van der Waals surface area contributed by atoms with Crippen molar-refractivity contribution >= 4 is 29.9 Å². The number of carbonyl (C=O) groups is 5. The van der Waals surface area contributed by atoms with Crippen LogP contribution in [0.2, 0.25) is 0 Å². The summed E-state index contributed by atoms with van der Waals surface area (Å²) in [6, 6.07) is -2.97. The van der Waals surface area contributed by atoms with E-state index >= 15 is 0 Å². The Morgan fingerprint density at radius 2 is 1.87 bits per heavy atom. The number of hydrogen-bond acceptors (Lipinski definition) is 9. The summed E-state index contributed by atoms with van der Waals surface area (Å²) in [5.74, 6) is -2.15. The first-order chi connectivity index (χ1) is 14.5. The van der Waals surface area contributed by atoms with Crippen molar-refractivity contribution in [2.75, 3.05) is 0 Å². The fourth-order valence-corrected chi connectivity index (χ4v) is 5.40. The SMILES string of the molecule is CC(=O)O[C@@H]1C[C@@H]2[C@H](OC(C)=O)[C@@]3(C1)OC(=O)N[C@H]3[C@@H]1C(=O)O[C@H](CC(C)C)C(=O)N21. The van der Waals surface area contributed by atoms with E-state index < -0.39 is 71.9 Å². The second-order valence-corrected chi connectivity index (χ2v) is 8.98. The smallest absolute Gasteiger partial charge is 0.408 e. The topological polar surface area (TPSA) is 138 Å². The van der Waals surface area contributed by atoms with Gasteiger partial charge in [0.2, 0.25) is 0 Å². The lowest BCUT2D eigenvalue weighted by atomic mass is 9.66. The molecule has 1 saturated carbocycles. The van der Waals surface area contributed by atoms with E-state index in [0.717, 1.165) is 0 Å². The van der Waals surface area contributed by atoms with Gasteiger partial charge in [-0.2, -0.15) is 0 Å². The molecule has 3 saturated heterocycles. The van der Waals surface area contributed by atoms with Crippen molar-refractivity contribution in [3.63, 3.8) is 0 Å². The van der Waals surface area contributed by atoms with E-state index in [1.54, 1.807) is 0 Å². The molecule has 170 valence electrons. The fourth-order valence-electron chi connectivity index (χ4n) is 5.40. The average molecular weight is 438 g/mol. The molecule has 7 atom stereocenters. The summed E-state index contributed by atoms with van der Waals surface area (Å²) in [7, 11) is 0. The number of amides is 2. The molecule has 1 aliphatic carbocycles. The van der Waals surface area contributed by atoms with Gasteiger partial charge in [0.05, 0.1) is 6.04 Å². The first-order valence-corrected chi connectivity index (χ1v) is 10.4. The molecule has 4 fully saturated rings. The Labute approximate surface area is 178 Å². The summed E-state index contributed by atoms with van der Waals surface area (Å²) in [5, 5.41) is 2.60. The van der Waals surface area contributed by atoms with Gasteiger partial charge < -0.3 is 29.2 Å². The van der Waals surface area contributed by atoms with Crippen molar-refractivity contribution in [2.45, 2.75) is 89.0 Å². The van der Waals surface area contributed by atoms with Crippen LogP contribution in [0.4, 0.5) is 4.79 Å². The standard InChI is InChI=1S/C20H26N2O9/c1-8(2)5-13-17(25)22-12-6-11(28-9(3)23)7-20(16(12)29-10(4)24)15(21-19(27)31-20)14(22)18(26)30-13/h8,11-16H,5-7H2,1-4H3,(H,21,27)/t11-,12-,13-,14-,15+,16+,20+/m1/s1. The fraction of sp³-hybridized carbons (Fsp3) is 0.750. The van der Waals surface area contributed by atoms with Crippen LogP contribution in [-0.4, -0.2) is 76.8 Å². The van der Waals surface area contributed by atoms with E-state index in [1.165, 1.54) is 18.7 Å². The van der Waals surface area contributed by atoms with E-state index in [-0.39, 0.29) is 18.8 Å². The predicted molar refractivity (Wildman–Crippen MR) is 100 cm³/mol. The Kier molecular flexibility index (Phi) is 5.09. The molecule has 1 spiro atoms. The predicted octanol–water partition coefficient (Wildman–Crippen LogP) is 0.0417. The van der Waals surface area contributed by atoms with E-state index in [2.05, 4.69) is 5.32 Å². The maximum atomic E-state index is 13.4. The molecular weight excluding hydrogens is 412 g/mol. The van der Waals surface area contributed by atoms with Crippen LogP contribution >= 0.6 is 0 Å². The number of hydrogen-bond donors (Lipinski definition) is 1. The van der Waals surface area contributed by atoms with Gasteiger partial charge in [0.25, 0.3) is 5.91 Å². The minimum Gasteiger partial charge on any atom is -0.462 e. The van der Waals surface area contributed by atoms with Gasteiger partial charge in [0.15, 0.2) is 23.9 Å². The Hall–Kier alpha value is -2.85. The Bertz CT molecular complexity index is 843. The van der Waals surface area contributed by atoms with Crippen LogP contribution in [0.5, 0.6) is 0 Å².